The van der Waals surface area contributed by atoms with E-state index in [0.717, 1.165) is 11.3 Å². The van der Waals surface area contributed by atoms with Crippen LogP contribution in [-0.4, -0.2) is 59.6 Å². The lowest BCUT2D eigenvalue weighted by Gasteiger charge is -2.31. The number of carboxylic acid groups (broad SMARTS) is 1. The summed E-state index contributed by atoms with van der Waals surface area (Å²) in [6.45, 7) is 0.523. The van der Waals surface area contributed by atoms with E-state index in [2.05, 4.69) is 11.8 Å². The minimum absolute atomic E-state index is 0.0803. The Morgan fingerprint density at radius 1 is 1.45 bits per heavy atom. The molecule has 1 aliphatic heterocycles. The fourth-order valence-corrected chi connectivity index (χ4v) is 2.95. The van der Waals surface area contributed by atoms with Crippen LogP contribution in [0.5, 0.6) is 5.75 Å². The van der Waals surface area contributed by atoms with Crippen LogP contribution in [0.4, 0.5) is 4.79 Å². The number of ether oxygens (including phenoxy) is 2. The number of aliphatic hydroxyl groups excluding tert-OH is 1. The number of benzene rings is 1. The largest absolute Gasteiger partial charge is 0.497 e. The third-order valence-corrected chi connectivity index (χ3v) is 4.48. The van der Waals surface area contributed by atoms with Gasteiger partial charge < -0.3 is 19.7 Å². The number of carboxylic acids is 1. The molecule has 2 atom stereocenters. The van der Waals surface area contributed by atoms with Crippen molar-refractivity contribution < 1.29 is 29.3 Å². The summed E-state index contributed by atoms with van der Waals surface area (Å²) in [4.78, 5) is 24.1. The quantitative estimate of drug-likeness (QED) is 0.375. The molecule has 2 rings (SSSR count). The maximum atomic E-state index is 12.1. The van der Waals surface area contributed by atoms with Gasteiger partial charge >= 0.3 is 12.1 Å². The maximum Gasteiger partial charge on any atom is 0.411 e. The number of carbonyl (C=O) groups is 2. The van der Waals surface area contributed by atoms with Gasteiger partial charge in [0.05, 0.1) is 32.4 Å². The summed E-state index contributed by atoms with van der Waals surface area (Å²) in [7, 11) is 1.60. The molecule has 7 nitrogen and oxygen atoms in total. The first-order valence-corrected chi connectivity index (χ1v) is 9.60. The van der Waals surface area contributed by atoms with Gasteiger partial charge in [0.1, 0.15) is 5.75 Å². The van der Waals surface area contributed by atoms with Gasteiger partial charge in [-0.15, -0.1) is 5.92 Å². The number of hydrogen-bond acceptors (Lipinski definition) is 5. The number of methoxy groups -OCH3 is 1. The van der Waals surface area contributed by atoms with Crippen LogP contribution < -0.4 is 4.74 Å². The minimum atomic E-state index is -0.843. The zero-order chi connectivity index (χ0) is 21.1. The second-order valence-corrected chi connectivity index (χ2v) is 6.71. The maximum absolute atomic E-state index is 12.1. The number of hydrogen-bond donors (Lipinski definition) is 2. The minimum Gasteiger partial charge on any atom is -0.497 e. The van der Waals surface area contributed by atoms with Gasteiger partial charge in [-0.2, -0.15) is 0 Å². The average molecular weight is 401 g/mol. The molecule has 1 fully saturated rings. The zero-order valence-corrected chi connectivity index (χ0v) is 16.5. The van der Waals surface area contributed by atoms with Crippen LogP contribution in [0.2, 0.25) is 0 Å². The molecule has 29 heavy (non-hydrogen) atoms. The highest BCUT2D eigenvalue weighted by molar-refractivity contribution is 5.69. The molecule has 0 aliphatic carbocycles. The van der Waals surface area contributed by atoms with Crippen molar-refractivity contribution >= 4 is 12.1 Å². The fraction of sp³-hybridized carbons (Fsp3) is 0.455. The summed E-state index contributed by atoms with van der Waals surface area (Å²) in [5, 5.41) is 18.9. The molecule has 0 spiro atoms. The molecule has 1 aliphatic rings. The molecule has 1 unspecified atom stereocenters. The Kier molecular flexibility index (Phi) is 9.06. The normalized spacial score (nSPS) is 17.4. The summed E-state index contributed by atoms with van der Waals surface area (Å²) in [6, 6.07) is 7.31. The molecule has 0 bridgehead atoms. The van der Waals surface area contributed by atoms with Crippen LogP contribution in [0.15, 0.2) is 36.4 Å². The van der Waals surface area contributed by atoms with Gasteiger partial charge in [-0.3, -0.25) is 9.69 Å². The summed E-state index contributed by atoms with van der Waals surface area (Å²) in [5.74, 6) is 5.69. The van der Waals surface area contributed by atoms with Gasteiger partial charge in [0.15, 0.2) is 0 Å². The summed E-state index contributed by atoms with van der Waals surface area (Å²) in [6.07, 6.45) is 4.46. The van der Waals surface area contributed by atoms with Crippen molar-refractivity contribution in [3.05, 3.63) is 42.0 Å². The van der Waals surface area contributed by atoms with Gasteiger partial charge in [0, 0.05) is 25.7 Å². The number of aliphatic carboxylic acids is 1. The highest BCUT2D eigenvalue weighted by Gasteiger charge is 2.27. The Bertz CT molecular complexity index is 779. The molecule has 1 heterocycles. The number of cyclic esters (lactones) is 1. The van der Waals surface area contributed by atoms with Crippen molar-refractivity contribution in [1.82, 2.24) is 4.90 Å². The second-order valence-electron chi connectivity index (χ2n) is 6.71. The molecule has 1 aromatic carbocycles. The van der Waals surface area contributed by atoms with Crippen molar-refractivity contribution in [1.29, 1.82) is 0 Å². The van der Waals surface area contributed by atoms with Crippen molar-refractivity contribution in [2.24, 2.45) is 0 Å². The number of aliphatic hydroxyl groups is 1. The second kappa shape index (κ2) is 11.8. The van der Waals surface area contributed by atoms with Crippen molar-refractivity contribution in [3.63, 3.8) is 0 Å². The van der Waals surface area contributed by atoms with Gasteiger partial charge in [0.2, 0.25) is 0 Å². The first-order valence-electron chi connectivity index (χ1n) is 9.60. The topological polar surface area (TPSA) is 96.3 Å². The van der Waals surface area contributed by atoms with Crippen LogP contribution >= 0.6 is 0 Å². The predicted octanol–water partition coefficient (Wildman–Crippen LogP) is 2.62. The first-order chi connectivity index (χ1) is 14.0. The highest BCUT2D eigenvalue weighted by atomic mass is 16.6. The smallest absolute Gasteiger partial charge is 0.411 e. The number of amides is 1. The van der Waals surface area contributed by atoms with Crippen LogP contribution in [0.25, 0.3) is 0 Å². The van der Waals surface area contributed by atoms with E-state index in [4.69, 9.17) is 14.6 Å². The van der Waals surface area contributed by atoms with E-state index in [9.17, 15) is 14.7 Å². The first kappa shape index (κ1) is 22.3. The Morgan fingerprint density at radius 3 is 3.03 bits per heavy atom. The van der Waals surface area contributed by atoms with E-state index in [1.54, 1.807) is 13.2 Å². The lowest BCUT2D eigenvalue weighted by atomic mass is 10.1. The van der Waals surface area contributed by atoms with E-state index in [-0.39, 0.29) is 19.0 Å². The molecule has 156 valence electrons. The molecule has 1 aromatic rings. The van der Waals surface area contributed by atoms with E-state index < -0.39 is 18.2 Å². The molecular weight excluding hydrogens is 374 g/mol. The third-order valence-electron chi connectivity index (χ3n) is 4.48. The van der Waals surface area contributed by atoms with Crippen molar-refractivity contribution in [3.8, 4) is 17.6 Å². The highest BCUT2D eigenvalue weighted by Crippen LogP contribution is 2.17. The van der Waals surface area contributed by atoms with E-state index in [1.165, 1.54) is 4.90 Å². The predicted molar refractivity (Wildman–Crippen MR) is 108 cm³/mol. The van der Waals surface area contributed by atoms with Gasteiger partial charge in [0.25, 0.3) is 0 Å². The van der Waals surface area contributed by atoms with E-state index >= 15 is 0 Å². The number of carbonyl (C=O) groups excluding carboxylic acids is 1. The van der Waals surface area contributed by atoms with Crippen LogP contribution in [0.1, 0.15) is 31.2 Å². The Morgan fingerprint density at radius 2 is 2.28 bits per heavy atom. The van der Waals surface area contributed by atoms with Crippen LogP contribution in [0, 0.1) is 11.8 Å². The zero-order valence-electron chi connectivity index (χ0n) is 16.5. The molecule has 7 heteroatoms. The average Bonchev–Trinajstić information content (AvgIpc) is 2.70. The molecule has 2 N–H and O–H groups in total. The molecule has 0 radical (unpaired) electrons. The SMILES string of the molecule is COc1cccc(CC(O)C=C[C@H]2CCOC(=O)N2CC#CCCCC(=O)O)c1. The van der Waals surface area contributed by atoms with Crippen molar-refractivity contribution in [2.45, 2.75) is 44.2 Å². The van der Waals surface area contributed by atoms with E-state index in [1.807, 2.05) is 30.3 Å². The summed E-state index contributed by atoms with van der Waals surface area (Å²) >= 11 is 0. The molecule has 0 aromatic heterocycles. The molecular formula is C22H27NO6. The number of rotatable bonds is 9. The summed E-state index contributed by atoms with van der Waals surface area (Å²) < 4.78 is 10.3. The Hall–Kier alpha value is -2.98. The molecule has 1 amide bonds. The van der Waals surface area contributed by atoms with Gasteiger partial charge in [-0.05, 0) is 24.1 Å². The number of unbranched alkanes of at least 4 members (excludes halogenated alkanes) is 1. The summed E-state index contributed by atoms with van der Waals surface area (Å²) in [5.41, 5.74) is 0.952. The molecule has 0 saturated carbocycles. The standard InChI is InChI=1S/C22H27NO6/c1-28-20-8-6-7-17(16-20)15-19(24)11-10-18-12-14-29-22(27)23(18)13-5-3-2-4-9-21(25)26/h6-8,10-11,16,18-19,24H,2,4,9,12-15H2,1H3,(H,25,26)/t18-,19?/m0/s1. The Balaban J connectivity index is 1.90. The van der Waals surface area contributed by atoms with Gasteiger partial charge in [-0.1, -0.05) is 30.2 Å². The van der Waals surface area contributed by atoms with Crippen LogP contribution in [-0.2, 0) is 16.0 Å². The molecule has 1 saturated heterocycles. The lowest BCUT2D eigenvalue weighted by molar-refractivity contribution is -0.137. The fourth-order valence-electron chi connectivity index (χ4n) is 2.95. The Labute approximate surface area is 170 Å². The third kappa shape index (κ3) is 7.88. The van der Waals surface area contributed by atoms with Crippen LogP contribution in [0.3, 0.4) is 0 Å². The number of nitrogens with zero attached hydrogens (tertiary/aromatic N) is 1. The monoisotopic (exact) mass is 401 g/mol. The van der Waals surface area contributed by atoms with Crippen molar-refractivity contribution in [2.75, 3.05) is 20.3 Å². The van der Waals surface area contributed by atoms with Gasteiger partial charge in [-0.25, -0.2) is 4.79 Å². The lowest BCUT2D eigenvalue weighted by Crippen LogP contribution is -2.44. The van der Waals surface area contributed by atoms with E-state index in [0.29, 0.717) is 32.3 Å².